The van der Waals surface area contributed by atoms with Crippen LogP contribution in [0.5, 0.6) is 0 Å². The fourth-order valence-electron chi connectivity index (χ4n) is 3.14. The van der Waals surface area contributed by atoms with Crippen molar-refractivity contribution in [1.82, 2.24) is 5.32 Å². The molecule has 0 spiro atoms. The van der Waals surface area contributed by atoms with Crippen LogP contribution in [0.4, 0.5) is 0 Å². The number of carboxylic acid groups (broad SMARTS) is 1. The molecule has 1 aromatic rings. The lowest BCUT2D eigenvalue weighted by atomic mass is 9.89. The summed E-state index contributed by atoms with van der Waals surface area (Å²) in [5.74, 6) is 1.42. The molecular formula is C18H25NO3S2. The maximum absolute atomic E-state index is 12.4. The lowest BCUT2D eigenvalue weighted by Crippen LogP contribution is -2.34. The first-order valence-corrected chi connectivity index (χ1v) is 10.9. The van der Waals surface area contributed by atoms with Gasteiger partial charge in [-0.1, -0.05) is 58.3 Å². The SMILES string of the molecule is O=C(O)CCSSCCNC(=O)C1CCCC1Cc1ccccc1. The molecule has 2 unspecified atom stereocenters. The third kappa shape index (κ3) is 6.77. The number of carbonyl (C=O) groups is 2. The number of nitrogens with one attached hydrogen (secondary N) is 1. The Kier molecular flexibility index (Phi) is 8.53. The van der Waals surface area contributed by atoms with Crippen LogP contribution in [0.15, 0.2) is 30.3 Å². The number of hydrogen-bond donors (Lipinski definition) is 2. The van der Waals surface area contributed by atoms with Gasteiger partial charge in [-0.25, -0.2) is 0 Å². The van der Waals surface area contributed by atoms with E-state index >= 15 is 0 Å². The molecule has 24 heavy (non-hydrogen) atoms. The standard InChI is InChI=1S/C18H25NO3S2/c20-17(21)9-11-23-24-12-10-19-18(22)16-8-4-7-15(16)13-14-5-2-1-3-6-14/h1-3,5-6,15-16H,4,7-13H2,(H,19,22)(H,20,21). The van der Waals surface area contributed by atoms with Gasteiger partial charge in [-0.3, -0.25) is 9.59 Å². The van der Waals surface area contributed by atoms with Crippen LogP contribution in [0.25, 0.3) is 0 Å². The zero-order chi connectivity index (χ0) is 17.2. The van der Waals surface area contributed by atoms with Gasteiger partial charge in [-0.15, -0.1) is 0 Å². The summed E-state index contributed by atoms with van der Waals surface area (Å²) in [5, 5.41) is 11.6. The molecule has 1 saturated carbocycles. The molecule has 4 nitrogen and oxygen atoms in total. The van der Waals surface area contributed by atoms with E-state index in [1.165, 1.54) is 5.56 Å². The van der Waals surface area contributed by atoms with E-state index in [0.717, 1.165) is 31.4 Å². The van der Waals surface area contributed by atoms with Crippen LogP contribution in [0.3, 0.4) is 0 Å². The number of benzene rings is 1. The molecule has 0 aromatic heterocycles. The average Bonchev–Trinajstić information content (AvgIpc) is 3.02. The minimum Gasteiger partial charge on any atom is -0.481 e. The highest BCUT2D eigenvalue weighted by Crippen LogP contribution is 2.34. The minimum atomic E-state index is -0.762. The van der Waals surface area contributed by atoms with Crippen LogP contribution in [0.2, 0.25) is 0 Å². The minimum absolute atomic E-state index is 0.134. The molecule has 0 saturated heterocycles. The Hall–Kier alpha value is -1.14. The summed E-state index contributed by atoms with van der Waals surface area (Å²) in [6.45, 7) is 0.651. The van der Waals surface area contributed by atoms with Gasteiger partial charge in [-0.2, -0.15) is 0 Å². The van der Waals surface area contributed by atoms with Crippen molar-refractivity contribution in [2.24, 2.45) is 11.8 Å². The molecule has 6 heteroatoms. The monoisotopic (exact) mass is 367 g/mol. The van der Waals surface area contributed by atoms with E-state index in [1.807, 2.05) is 6.07 Å². The highest BCUT2D eigenvalue weighted by molar-refractivity contribution is 8.76. The molecule has 132 valence electrons. The summed E-state index contributed by atoms with van der Waals surface area (Å²) in [6, 6.07) is 10.4. The van der Waals surface area contributed by atoms with E-state index < -0.39 is 5.97 Å². The van der Waals surface area contributed by atoms with Crippen molar-refractivity contribution in [2.45, 2.75) is 32.1 Å². The molecule has 1 fully saturated rings. The van der Waals surface area contributed by atoms with Crippen molar-refractivity contribution in [2.75, 3.05) is 18.1 Å². The normalized spacial score (nSPS) is 20.0. The maximum Gasteiger partial charge on any atom is 0.304 e. The van der Waals surface area contributed by atoms with E-state index in [1.54, 1.807) is 21.6 Å². The van der Waals surface area contributed by atoms with Crippen LogP contribution in [-0.4, -0.2) is 35.0 Å². The van der Waals surface area contributed by atoms with Gasteiger partial charge in [0.2, 0.25) is 5.91 Å². The Labute approximate surface area is 151 Å². The van der Waals surface area contributed by atoms with Crippen LogP contribution >= 0.6 is 21.6 Å². The highest BCUT2D eigenvalue weighted by Gasteiger charge is 2.32. The second-order valence-electron chi connectivity index (χ2n) is 6.07. The second kappa shape index (κ2) is 10.7. The van der Waals surface area contributed by atoms with Gasteiger partial charge in [0.15, 0.2) is 0 Å². The lowest BCUT2D eigenvalue weighted by Gasteiger charge is -2.19. The van der Waals surface area contributed by atoms with Crippen molar-refractivity contribution in [1.29, 1.82) is 0 Å². The maximum atomic E-state index is 12.4. The topological polar surface area (TPSA) is 66.4 Å². The number of rotatable bonds is 10. The number of carboxylic acids is 1. The first-order chi connectivity index (χ1) is 11.7. The molecule has 1 aliphatic rings. The van der Waals surface area contributed by atoms with Crippen LogP contribution < -0.4 is 5.32 Å². The molecule has 0 heterocycles. The van der Waals surface area contributed by atoms with E-state index in [-0.39, 0.29) is 18.2 Å². The van der Waals surface area contributed by atoms with E-state index in [4.69, 9.17) is 5.11 Å². The number of hydrogen-bond acceptors (Lipinski definition) is 4. The largest absolute Gasteiger partial charge is 0.481 e. The van der Waals surface area contributed by atoms with Gasteiger partial charge in [0, 0.05) is 24.0 Å². The van der Waals surface area contributed by atoms with E-state index in [0.29, 0.717) is 18.2 Å². The Morgan fingerprint density at radius 1 is 1.12 bits per heavy atom. The second-order valence-corrected chi connectivity index (χ2v) is 8.77. The Bertz CT molecular complexity index is 524. The van der Waals surface area contributed by atoms with Crippen molar-refractivity contribution in [3.8, 4) is 0 Å². The van der Waals surface area contributed by atoms with Gasteiger partial charge >= 0.3 is 5.97 Å². The van der Waals surface area contributed by atoms with Gasteiger partial charge in [0.25, 0.3) is 0 Å². The van der Waals surface area contributed by atoms with Gasteiger partial charge < -0.3 is 10.4 Å². The van der Waals surface area contributed by atoms with Crippen LogP contribution in [0.1, 0.15) is 31.2 Å². The number of amides is 1. The van der Waals surface area contributed by atoms with Crippen LogP contribution in [0, 0.1) is 11.8 Å². The van der Waals surface area contributed by atoms with Crippen molar-refractivity contribution in [3.63, 3.8) is 0 Å². The molecule has 1 amide bonds. The summed E-state index contributed by atoms with van der Waals surface area (Å²) in [4.78, 5) is 22.8. The van der Waals surface area contributed by atoms with E-state index in [9.17, 15) is 9.59 Å². The van der Waals surface area contributed by atoms with Crippen molar-refractivity contribution < 1.29 is 14.7 Å². The third-order valence-corrected chi connectivity index (χ3v) is 6.71. The number of carbonyl (C=O) groups excluding carboxylic acids is 1. The average molecular weight is 368 g/mol. The smallest absolute Gasteiger partial charge is 0.304 e. The molecule has 0 radical (unpaired) electrons. The lowest BCUT2D eigenvalue weighted by molar-refractivity contribution is -0.136. The van der Waals surface area contributed by atoms with Crippen LogP contribution in [-0.2, 0) is 16.0 Å². The molecule has 2 N–H and O–H groups in total. The Morgan fingerprint density at radius 2 is 1.88 bits per heavy atom. The fraction of sp³-hybridized carbons (Fsp3) is 0.556. The van der Waals surface area contributed by atoms with Gasteiger partial charge in [0.05, 0.1) is 6.42 Å². The molecule has 1 aromatic carbocycles. The van der Waals surface area contributed by atoms with Crippen molar-refractivity contribution >= 4 is 33.5 Å². The third-order valence-electron chi connectivity index (χ3n) is 4.30. The fourth-order valence-corrected chi connectivity index (χ4v) is 5.02. The molecule has 0 aliphatic heterocycles. The van der Waals surface area contributed by atoms with Crippen molar-refractivity contribution in [3.05, 3.63) is 35.9 Å². The van der Waals surface area contributed by atoms with Gasteiger partial charge in [-0.05, 0) is 30.7 Å². The molecule has 2 rings (SSSR count). The summed E-state index contributed by atoms with van der Waals surface area (Å²) in [6.07, 6.45) is 4.43. The predicted octanol–water partition coefficient (Wildman–Crippen LogP) is 3.62. The number of aliphatic carboxylic acids is 1. The summed E-state index contributed by atoms with van der Waals surface area (Å²) in [5.41, 5.74) is 1.31. The highest BCUT2D eigenvalue weighted by atomic mass is 33.1. The zero-order valence-electron chi connectivity index (χ0n) is 13.8. The zero-order valence-corrected chi connectivity index (χ0v) is 15.4. The van der Waals surface area contributed by atoms with Gasteiger partial charge in [0.1, 0.15) is 0 Å². The Morgan fingerprint density at radius 3 is 2.62 bits per heavy atom. The van der Waals surface area contributed by atoms with E-state index in [2.05, 4.69) is 29.6 Å². The quantitative estimate of drug-likeness (QED) is 0.488. The molecule has 2 atom stereocenters. The first kappa shape index (κ1) is 19.2. The molecule has 0 bridgehead atoms. The molecule has 1 aliphatic carbocycles. The predicted molar refractivity (Wildman–Crippen MR) is 101 cm³/mol. The summed E-state index contributed by atoms with van der Waals surface area (Å²) >= 11 is 0. The Balaban J connectivity index is 1.65. The molecular weight excluding hydrogens is 342 g/mol. The summed E-state index contributed by atoms with van der Waals surface area (Å²) < 4.78 is 0. The first-order valence-electron chi connectivity index (χ1n) is 8.44. The summed E-state index contributed by atoms with van der Waals surface area (Å²) in [7, 11) is 3.17.